The van der Waals surface area contributed by atoms with Gasteiger partial charge in [-0.2, -0.15) is 13.1 Å². The van der Waals surface area contributed by atoms with Crippen LogP contribution in [-0.2, 0) is 16.6 Å². The number of hydrogen-bond acceptors (Lipinski definition) is 7. The van der Waals surface area contributed by atoms with E-state index in [-0.39, 0.29) is 23.8 Å². The summed E-state index contributed by atoms with van der Waals surface area (Å²) in [6.07, 6.45) is 0. The summed E-state index contributed by atoms with van der Waals surface area (Å²) in [7, 11) is -0.452. The van der Waals surface area contributed by atoms with Crippen LogP contribution in [0.25, 0.3) is 0 Å². The zero-order chi connectivity index (χ0) is 21.8. The van der Waals surface area contributed by atoms with Gasteiger partial charge < -0.3 is 14.2 Å². The SMILES string of the molecule is COc1ccc(CN(C)S(=O)(=O)c2cc([N+](=O)[O-])ccc2OC)cc1OC(F)F. The smallest absolute Gasteiger partial charge is 0.387 e. The second-order valence-electron chi connectivity index (χ2n) is 5.72. The Bertz CT molecular complexity index is 999. The number of nitro benzene ring substituents is 1. The summed E-state index contributed by atoms with van der Waals surface area (Å²) in [6, 6.07) is 7.26. The van der Waals surface area contributed by atoms with Crippen LogP contribution in [-0.4, -0.2) is 45.5 Å². The summed E-state index contributed by atoms with van der Waals surface area (Å²) < 4.78 is 66.2. The van der Waals surface area contributed by atoms with Gasteiger partial charge in [-0.05, 0) is 23.8 Å². The number of benzene rings is 2. The first kappa shape index (κ1) is 22.3. The quantitative estimate of drug-likeness (QED) is 0.443. The Labute approximate surface area is 165 Å². The van der Waals surface area contributed by atoms with Crippen molar-refractivity contribution in [2.45, 2.75) is 18.1 Å². The van der Waals surface area contributed by atoms with Crippen LogP contribution in [0.4, 0.5) is 14.5 Å². The Balaban J connectivity index is 2.38. The van der Waals surface area contributed by atoms with Gasteiger partial charge in [0.25, 0.3) is 5.69 Å². The molecule has 0 aromatic heterocycles. The third kappa shape index (κ3) is 5.09. The van der Waals surface area contributed by atoms with Gasteiger partial charge in [0.05, 0.1) is 19.1 Å². The second-order valence-corrected chi connectivity index (χ2v) is 7.73. The van der Waals surface area contributed by atoms with Crippen LogP contribution >= 0.6 is 0 Å². The highest BCUT2D eigenvalue weighted by Crippen LogP contribution is 2.33. The van der Waals surface area contributed by atoms with E-state index in [4.69, 9.17) is 9.47 Å². The van der Waals surface area contributed by atoms with Crippen molar-refractivity contribution in [1.82, 2.24) is 4.31 Å². The summed E-state index contributed by atoms with van der Waals surface area (Å²) in [6.45, 7) is -3.31. The standard InChI is InChI=1S/C17H18F2N2O7S/c1-20(10-11-4-6-13(26-2)15(8-11)28-17(18)19)29(24,25)16-9-12(21(22)23)5-7-14(16)27-3/h4-9,17H,10H2,1-3H3. The molecule has 0 heterocycles. The number of non-ortho nitro benzene ring substituents is 1. The molecule has 0 fully saturated rings. The fourth-order valence-corrected chi connectivity index (χ4v) is 3.83. The summed E-state index contributed by atoms with van der Waals surface area (Å²) >= 11 is 0. The van der Waals surface area contributed by atoms with Crippen molar-refractivity contribution in [2.75, 3.05) is 21.3 Å². The maximum Gasteiger partial charge on any atom is 0.387 e. The number of sulfonamides is 1. The predicted octanol–water partition coefficient (Wildman–Crippen LogP) is 3.03. The van der Waals surface area contributed by atoms with Gasteiger partial charge in [-0.3, -0.25) is 10.1 Å². The zero-order valence-electron chi connectivity index (χ0n) is 15.7. The molecule has 29 heavy (non-hydrogen) atoms. The molecule has 0 N–H and O–H groups in total. The van der Waals surface area contributed by atoms with E-state index in [2.05, 4.69) is 4.74 Å². The highest BCUT2D eigenvalue weighted by molar-refractivity contribution is 7.89. The van der Waals surface area contributed by atoms with Crippen LogP contribution in [0.1, 0.15) is 5.56 Å². The molecule has 0 amide bonds. The maximum atomic E-state index is 12.9. The Morgan fingerprint density at radius 3 is 2.24 bits per heavy atom. The molecule has 12 heteroatoms. The molecule has 0 atom stereocenters. The molecule has 2 aromatic carbocycles. The van der Waals surface area contributed by atoms with Crippen LogP contribution in [0.5, 0.6) is 17.2 Å². The van der Waals surface area contributed by atoms with Crippen molar-refractivity contribution in [1.29, 1.82) is 0 Å². The highest BCUT2D eigenvalue weighted by Gasteiger charge is 2.27. The largest absolute Gasteiger partial charge is 0.495 e. The molecule has 0 unspecified atom stereocenters. The van der Waals surface area contributed by atoms with E-state index in [0.717, 1.165) is 16.4 Å². The van der Waals surface area contributed by atoms with Crippen molar-refractivity contribution in [2.24, 2.45) is 0 Å². The van der Waals surface area contributed by atoms with E-state index in [1.165, 1.54) is 45.5 Å². The van der Waals surface area contributed by atoms with Gasteiger partial charge in [-0.1, -0.05) is 6.07 Å². The lowest BCUT2D eigenvalue weighted by Gasteiger charge is -2.19. The predicted molar refractivity (Wildman–Crippen MR) is 97.9 cm³/mol. The highest BCUT2D eigenvalue weighted by atomic mass is 32.2. The van der Waals surface area contributed by atoms with E-state index in [1.807, 2.05) is 0 Å². The molecular formula is C17H18F2N2O7S. The average Bonchev–Trinajstić information content (AvgIpc) is 2.67. The summed E-state index contributed by atoms with van der Waals surface area (Å²) in [5, 5.41) is 11.0. The van der Waals surface area contributed by atoms with Gasteiger partial charge >= 0.3 is 6.61 Å². The number of rotatable bonds is 9. The molecule has 9 nitrogen and oxygen atoms in total. The fourth-order valence-electron chi connectivity index (χ4n) is 2.50. The van der Waals surface area contributed by atoms with Crippen molar-refractivity contribution in [3.05, 3.63) is 52.1 Å². The molecular weight excluding hydrogens is 414 g/mol. The summed E-state index contributed by atoms with van der Waals surface area (Å²) in [5.74, 6) is -0.266. The van der Waals surface area contributed by atoms with E-state index in [0.29, 0.717) is 5.56 Å². The van der Waals surface area contributed by atoms with Gasteiger partial charge in [0, 0.05) is 25.7 Å². The second kappa shape index (κ2) is 9.01. The summed E-state index contributed by atoms with van der Waals surface area (Å²) in [5.41, 5.74) is -0.0910. The van der Waals surface area contributed by atoms with Gasteiger partial charge in [0.2, 0.25) is 10.0 Å². The molecule has 0 saturated heterocycles. The van der Waals surface area contributed by atoms with Crippen LogP contribution in [0, 0.1) is 10.1 Å². The lowest BCUT2D eigenvalue weighted by atomic mass is 10.2. The van der Waals surface area contributed by atoms with Crippen molar-refractivity contribution in [3.8, 4) is 17.2 Å². The molecule has 2 aromatic rings. The number of hydrogen-bond donors (Lipinski definition) is 0. The van der Waals surface area contributed by atoms with Gasteiger partial charge in [0.15, 0.2) is 11.5 Å². The Morgan fingerprint density at radius 2 is 1.69 bits per heavy atom. The average molecular weight is 432 g/mol. The van der Waals surface area contributed by atoms with Crippen LogP contribution in [0.15, 0.2) is 41.3 Å². The van der Waals surface area contributed by atoms with E-state index < -0.39 is 32.1 Å². The molecule has 0 aliphatic heterocycles. The van der Waals surface area contributed by atoms with E-state index >= 15 is 0 Å². The lowest BCUT2D eigenvalue weighted by Crippen LogP contribution is -2.27. The molecule has 0 saturated carbocycles. The van der Waals surface area contributed by atoms with E-state index in [9.17, 15) is 27.3 Å². The number of nitro groups is 1. The van der Waals surface area contributed by atoms with Crippen LogP contribution < -0.4 is 14.2 Å². The minimum Gasteiger partial charge on any atom is -0.495 e. The van der Waals surface area contributed by atoms with Crippen LogP contribution in [0.2, 0.25) is 0 Å². The third-order valence-corrected chi connectivity index (χ3v) is 5.72. The first-order valence-electron chi connectivity index (χ1n) is 8.00. The van der Waals surface area contributed by atoms with E-state index in [1.54, 1.807) is 0 Å². The molecule has 0 radical (unpaired) electrons. The van der Waals surface area contributed by atoms with Crippen LogP contribution in [0.3, 0.4) is 0 Å². The lowest BCUT2D eigenvalue weighted by molar-refractivity contribution is -0.385. The van der Waals surface area contributed by atoms with Crippen molar-refractivity contribution < 1.29 is 36.3 Å². The minimum atomic E-state index is -4.20. The first-order valence-corrected chi connectivity index (χ1v) is 9.44. The van der Waals surface area contributed by atoms with Crippen molar-refractivity contribution in [3.63, 3.8) is 0 Å². The molecule has 0 bridgehead atoms. The Morgan fingerprint density at radius 1 is 1.07 bits per heavy atom. The maximum absolute atomic E-state index is 12.9. The first-order chi connectivity index (χ1) is 13.6. The van der Waals surface area contributed by atoms with Gasteiger partial charge in [-0.15, -0.1) is 0 Å². The Kier molecular flexibility index (Phi) is 6.93. The normalized spacial score (nSPS) is 11.6. The summed E-state index contributed by atoms with van der Waals surface area (Å²) in [4.78, 5) is 9.88. The number of methoxy groups -OCH3 is 2. The molecule has 0 aliphatic carbocycles. The number of alkyl halides is 2. The number of halogens is 2. The molecule has 0 spiro atoms. The minimum absolute atomic E-state index is 0.0555. The fraction of sp³-hybridized carbons (Fsp3) is 0.294. The third-order valence-electron chi connectivity index (χ3n) is 3.90. The topological polar surface area (TPSA) is 108 Å². The number of nitrogens with zero attached hydrogens (tertiary/aromatic N) is 2. The molecule has 0 aliphatic rings. The monoisotopic (exact) mass is 432 g/mol. The zero-order valence-corrected chi connectivity index (χ0v) is 16.5. The van der Waals surface area contributed by atoms with Gasteiger partial charge in [-0.25, -0.2) is 8.42 Å². The Hall–Kier alpha value is -2.99. The van der Waals surface area contributed by atoms with Gasteiger partial charge in [0.1, 0.15) is 10.6 Å². The molecule has 2 rings (SSSR count). The molecule has 158 valence electrons. The van der Waals surface area contributed by atoms with Crippen molar-refractivity contribution >= 4 is 15.7 Å². The number of ether oxygens (including phenoxy) is 3.